The van der Waals surface area contributed by atoms with Crippen molar-refractivity contribution in [3.8, 4) is 0 Å². The van der Waals surface area contributed by atoms with Gasteiger partial charge in [-0.25, -0.2) is 13.4 Å². The SMILES string of the molecule is O=C(O)CCCS(=O)(=O)Nc1cnc(Cl)c(Br)c1. The Bertz CT molecular complexity index is 549. The molecule has 0 aliphatic rings. The first-order valence-electron chi connectivity index (χ1n) is 4.83. The quantitative estimate of drug-likeness (QED) is 0.760. The summed E-state index contributed by atoms with van der Waals surface area (Å²) in [7, 11) is -3.58. The smallest absolute Gasteiger partial charge is 0.303 e. The Hall–Kier alpha value is -0.860. The number of halogens is 2. The summed E-state index contributed by atoms with van der Waals surface area (Å²) in [5.41, 5.74) is 0.265. The minimum absolute atomic E-state index is 0.0485. The van der Waals surface area contributed by atoms with E-state index in [9.17, 15) is 13.2 Å². The number of hydrogen-bond acceptors (Lipinski definition) is 4. The van der Waals surface area contributed by atoms with Crippen LogP contribution in [0.5, 0.6) is 0 Å². The monoisotopic (exact) mass is 356 g/mol. The molecule has 18 heavy (non-hydrogen) atoms. The van der Waals surface area contributed by atoms with Gasteiger partial charge in [0.2, 0.25) is 10.0 Å². The van der Waals surface area contributed by atoms with Crippen LogP contribution < -0.4 is 4.72 Å². The molecule has 0 saturated heterocycles. The van der Waals surface area contributed by atoms with Crippen LogP contribution in [0.25, 0.3) is 0 Å². The van der Waals surface area contributed by atoms with Crippen LogP contribution >= 0.6 is 27.5 Å². The largest absolute Gasteiger partial charge is 0.481 e. The van der Waals surface area contributed by atoms with Crippen molar-refractivity contribution in [1.29, 1.82) is 0 Å². The van der Waals surface area contributed by atoms with E-state index in [0.29, 0.717) is 4.47 Å². The zero-order chi connectivity index (χ0) is 13.8. The Morgan fingerprint density at radius 2 is 2.22 bits per heavy atom. The number of hydrogen-bond donors (Lipinski definition) is 2. The van der Waals surface area contributed by atoms with Gasteiger partial charge >= 0.3 is 5.97 Å². The summed E-state index contributed by atoms with van der Waals surface area (Å²) in [5, 5.41) is 8.65. The van der Waals surface area contributed by atoms with E-state index in [4.69, 9.17) is 16.7 Å². The van der Waals surface area contributed by atoms with Gasteiger partial charge in [-0.2, -0.15) is 0 Å². The molecule has 1 aromatic rings. The van der Waals surface area contributed by atoms with Crippen molar-refractivity contribution in [2.75, 3.05) is 10.5 Å². The van der Waals surface area contributed by atoms with Crippen molar-refractivity contribution in [2.45, 2.75) is 12.8 Å². The fourth-order valence-electron chi connectivity index (χ4n) is 1.12. The van der Waals surface area contributed by atoms with E-state index >= 15 is 0 Å². The molecule has 0 aliphatic carbocycles. The van der Waals surface area contributed by atoms with Gasteiger partial charge in [-0.3, -0.25) is 9.52 Å². The topological polar surface area (TPSA) is 96.4 Å². The maximum atomic E-state index is 11.6. The van der Waals surface area contributed by atoms with E-state index < -0.39 is 16.0 Å². The number of anilines is 1. The second kappa shape index (κ2) is 6.35. The van der Waals surface area contributed by atoms with Crippen molar-refractivity contribution >= 4 is 49.2 Å². The molecule has 1 heterocycles. The Balaban J connectivity index is 2.64. The van der Waals surface area contributed by atoms with Gasteiger partial charge in [0.05, 0.1) is 22.1 Å². The van der Waals surface area contributed by atoms with Crippen LogP contribution in [0.2, 0.25) is 5.15 Å². The predicted molar refractivity (Wildman–Crippen MR) is 71.2 cm³/mol. The summed E-state index contributed by atoms with van der Waals surface area (Å²) in [6, 6.07) is 1.48. The average molecular weight is 358 g/mol. The minimum Gasteiger partial charge on any atom is -0.481 e. The van der Waals surface area contributed by atoms with Crippen molar-refractivity contribution in [3.63, 3.8) is 0 Å². The molecule has 0 bridgehead atoms. The summed E-state index contributed by atoms with van der Waals surface area (Å²) in [5.74, 6) is -1.29. The third-order valence-electron chi connectivity index (χ3n) is 1.87. The van der Waals surface area contributed by atoms with Crippen LogP contribution in [0.15, 0.2) is 16.7 Å². The predicted octanol–water partition coefficient (Wildman–Crippen LogP) is 2.10. The normalized spacial score (nSPS) is 11.2. The second-order valence-electron chi connectivity index (χ2n) is 3.41. The molecule has 0 atom stereocenters. The number of carboxylic acids is 1. The summed E-state index contributed by atoms with van der Waals surface area (Å²) in [4.78, 5) is 14.0. The molecular weight excluding hydrogens is 348 g/mol. The highest BCUT2D eigenvalue weighted by Crippen LogP contribution is 2.23. The number of rotatable bonds is 6. The highest BCUT2D eigenvalue weighted by molar-refractivity contribution is 9.10. The Labute approximate surface area is 118 Å². The first-order valence-corrected chi connectivity index (χ1v) is 7.66. The molecule has 6 nitrogen and oxygen atoms in total. The van der Waals surface area contributed by atoms with Gasteiger partial charge in [-0.05, 0) is 28.4 Å². The van der Waals surface area contributed by atoms with Gasteiger partial charge in [0, 0.05) is 6.42 Å². The Morgan fingerprint density at radius 3 is 2.78 bits per heavy atom. The molecule has 1 rings (SSSR count). The summed E-state index contributed by atoms with van der Waals surface area (Å²) >= 11 is 8.79. The fourth-order valence-corrected chi connectivity index (χ4v) is 2.67. The molecule has 0 aromatic carbocycles. The average Bonchev–Trinajstić information content (AvgIpc) is 2.22. The maximum absolute atomic E-state index is 11.6. The van der Waals surface area contributed by atoms with Crippen molar-refractivity contribution < 1.29 is 18.3 Å². The Kier molecular flexibility index (Phi) is 5.36. The third-order valence-corrected chi connectivity index (χ3v) is 4.38. The lowest BCUT2D eigenvalue weighted by Crippen LogP contribution is -2.17. The van der Waals surface area contributed by atoms with Gasteiger partial charge in [0.1, 0.15) is 5.15 Å². The van der Waals surface area contributed by atoms with Gasteiger partial charge in [-0.1, -0.05) is 11.6 Å². The van der Waals surface area contributed by atoms with Crippen LogP contribution in [0.3, 0.4) is 0 Å². The van der Waals surface area contributed by atoms with Gasteiger partial charge in [0.15, 0.2) is 0 Å². The fraction of sp³-hybridized carbons (Fsp3) is 0.333. The number of carbonyl (C=O) groups is 1. The summed E-state index contributed by atoms with van der Waals surface area (Å²) in [6.07, 6.45) is 1.14. The van der Waals surface area contributed by atoms with Gasteiger partial charge < -0.3 is 5.11 Å². The van der Waals surface area contributed by atoms with E-state index in [1.54, 1.807) is 0 Å². The van der Waals surface area contributed by atoms with E-state index in [1.807, 2.05) is 0 Å². The first kappa shape index (κ1) is 15.2. The molecule has 1 aromatic heterocycles. The number of aromatic nitrogens is 1. The van der Waals surface area contributed by atoms with E-state index in [2.05, 4.69) is 25.6 Å². The van der Waals surface area contributed by atoms with Crippen LogP contribution in [0.1, 0.15) is 12.8 Å². The number of nitrogens with zero attached hydrogens (tertiary/aromatic N) is 1. The number of carboxylic acid groups (broad SMARTS) is 1. The van der Waals surface area contributed by atoms with Crippen molar-refractivity contribution in [3.05, 3.63) is 21.9 Å². The molecule has 0 saturated carbocycles. The lowest BCUT2D eigenvalue weighted by Gasteiger charge is -2.07. The number of sulfonamides is 1. The van der Waals surface area contributed by atoms with Crippen LogP contribution in [-0.2, 0) is 14.8 Å². The molecule has 100 valence electrons. The molecule has 0 amide bonds. The minimum atomic E-state index is -3.58. The lowest BCUT2D eigenvalue weighted by atomic mass is 10.3. The number of pyridine rings is 1. The molecular formula is C9H10BrClN2O4S. The molecule has 0 radical (unpaired) electrons. The molecule has 0 spiro atoms. The van der Waals surface area contributed by atoms with E-state index in [1.165, 1.54) is 12.3 Å². The van der Waals surface area contributed by atoms with Gasteiger partial charge in [0.25, 0.3) is 0 Å². The first-order chi connectivity index (χ1) is 8.30. The van der Waals surface area contributed by atoms with Crippen molar-refractivity contribution in [1.82, 2.24) is 4.98 Å². The second-order valence-corrected chi connectivity index (χ2v) is 6.47. The number of nitrogens with one attached hydrogen (secondary N) is 1. The number of aliphatic carboxylic acids is 1. The zero-order valence-corrected chi connectivity index (χ0v) is 12.2. The molecule has 2 N–H and O–H groups in total. The molecule has 9 heteroatoms. The zero-order valence-electron chi connectivity index (χ0n) is 9.06. The van der Waals surface area contributed by atoms with Crippen LogP contribution in [-0.4, -0.2) is 30.2 Å². The molecule has 0 fully saturated rings. The van der Waals surface area contributed by atoms with Crippen molar-refractivity contribution in [2.24, 2.45) is 0 Å². The lowest BCUT2D eigenvalue weighted by molar-refractivity contribution is -0.137. The maximum Gasteiger partial charge on any atom is 0.303 e. The third kappa shape index (κ3) is 5.19. The Morgan fingerprint density at radius 1 is 1.56 bits per heavy atom. The summed E-state index contributed by atoms with van der Waals surface area (Å²) in [6.45, 7) is 0. The summed E-state index contributed by atoms with van der Waals surface area (Å²) < 4.78 is 26.0. The van der Waals surface area contributed by atoms with Gasteiger partial charge in [-0.15, -0.1) is 0 Å². The standard InChI is InChI=1S/C9H10BrClN2O4S/c10-7-4-6(5-12-9(7)11)13-18(16,17)3-1-2-8(14)15/h4-5,13H,1-3H2,(H,14,15). The van der Waals surface area contributed by atoms with E-state index in [-0.39, 0.29) is 29.4 Å². The highest BCUT2D eigenvalue weighted by atomic mass is 79.9. The highest BCUT2D eigenvalue weighted by Gasteiger charge is 2.12. The van der Waals surface area contributed by atoms with Crippen LogP contribution in [0.4, 0.5) is 5.69 Å². The molecule has 0 unspecified atom stereocenters. The molecule has 0 aliphatic heterocycles. The van der Waals surface area contributed by atoms with E-state index in [0.717, 1.165) is 0 Å². The van der Waals surface area contributed by atoms with Crippen LogP contribution in [0, 0.1) is 0 Å².